The fraction of sp³-hybridized carbons (Fsp3) is 0.222. The van der Waals surface area contributed by atoms with Crippen LogP contribution in [0.15, 0.2) is 60.7 Å². The molecule has 0 saturated heterocycles. The second-order valence-electron chi connectivity index (χ2n) is 4.68. The molecular weight excluding hydrogens is 248 g/mol. The van der Waals surface area contributed by atoms with Gasteiger partial charge in [-0.05, 0) is 36.1 Å². The van der Waals surface area contributed by atoms with Gasteiger partial charge in [0.1, 0.15) is 5.75 Å². The molecule has 2 aromatic carbocycles. The molecule has 0 saturated carbocycles. The molecule has 0 aliphatic carbocycles. The summed E-state index contributed by atoms with van der Waals surface area (Å²) < 4.78 is 5.12. The van der Waals surface area contributed by atoms with Crippen molar-refractivity contribution in [2.75, 3.05) is 7.11 Å². The lowest BCUT2D eigenvalue weighted by Gasteiger charge is -2.08. The van der Waals surface area contributed by atoms with Crippen LogP contribution >= 0.6 is 0 Å². The highest BCUT2D eigenvalue weighted by Crippen LogP contribution is 2.18. The molecule has 0 radical (unpaired) electrons. The Morgan fingerprint density at radius 3 is 2.40 bits per heavy atom. The van der Waals surface area contributed by atoms with Gasteiger partial charge in [-0.25, -0.2) is 0 Å². The van der Waals surface area contributed by atoms with Gasteiger partial charge in [-0.3, -0.25) is 0 Å². The van der Waals surface area contributed by atoms with Crippen LogP contribution in [0.25, 0.3) is 6.08 Å². The number of hydrogen-bond acceptors (Lipinski definition) is 2. The summed E-state index contributed by atoms with van der Waals surface area (Å²) in [5.74, 6) is 0.863. The van der Waals surface area contributed by atoms with E-state index in [0.29, 0.717) is 0 Å². The molecular formula is C18H20O2. The maximum Gasteiger partial charge on any atom is 0.118 e. The van der Waals surface area contributed by atoms with E-state index in [9.17, 15) is 5.11 Å². The zero-order valence-electron chi connectivity index (χ0n) is 11.7. The number of aliphatic hydroxyl groups is 1. The minimum Gasteiger partial charge on any atom is -0.497 e. The molecule has 2 heteroatoms. The van der Waals surface area contributed by atoms with Crippen LogP contribution in [0.3, 0.4) is 0 Å². The average Bonchev–Trinajstić information content (AvgIpc) is 2.53. The molecule has 1 N–H and O–H groups in total. The molecule has 2 aromatic rings. The Morgan fingerprint density at radius 2 is 1.75 bits per heavy atom. The Labute approximate surface area is 120 Å². The third-order valence-corrected chi connectivity index (χ3v) is 3.22. The van der Waals surface area contributed by atoms with E-state index in [-0.39, 0.29) is 0 Å². The minimum absolute atomic E-state index is 0.392. The van der Waals surface area contributed by atoms with Gasteiger partial charge in [0.2, 0.25) is 0 Å². The SMILES string of the molecule is COc1ccc(C=CCCC(O)c2ccccc2)cc1. The van der Waals surface area contributed by atoms with E-state index < -0.39 is 6.10 Å². The summed E-state index contributed by atoms with van der Waals surface area (Å²) in [5.41, 5.74) is 2.12. The van der Waals surface area contributed by atoms with Crippen molar-refractivity contribution in [1.82, 2.24) is 0 Å². The third kappa shape index (κ3) is 4.25. The van der Waals surface area contributed by atoms with Crippen LogP contribution in [0.1, 0.15) is 30.1 Å². The summed E-state index contributed by atoms with van der Waals surface area (Å²) in [5, 5.41) is 10.0. The maximum absolute atomic E-state index is 10.0. The third-order valence-electron chi connectivity index (χ3n) is 3.22. The normalized spacial score (nSPS) is 12.5. The summed E-state index contributed by atoms with van der Waals surface area (Å²) in [7, 11) is 1.66. The Balaban J connectivity index is 1.81. The average molecular weight is 268 g/mol. The molecule has 0 spiro atoms. The lowest BCUT2D eigenvalue weighted by atomic mass is 10.0. The van der Waals surface area contributed by atoms with E-state index in [2.05, 4.69) is 12.2 Å². The zero-order chi connectivity index (χ0) is 14.2. The molecule has 1 unspecified atom stereocenters. The first-order chi connectivity index (χ1) is 9.79. The predicted octanol–water partition coefficient (Wildman–Crippen LogP) is 4.22. The van der Waals surface area contributed by atoms with Crippen molar-refractivity contribution in [1.29, 1.82) is 0 Å². The van der Waals surface area contributed by atoms with Gasteiger partial charge in [-0.15, -0.1) is 0 Å². The van der Waals surface area contributed by atoms with Crippen molar-refractivity contribution >= 4 is 6.08 Å². The van der Waals surface area contributed by atoms with Crippen molar-refractivity contribution in [2.24, 2.45) is 0 Å². The van der Waals surface area contributed by atoms with E-state index in [1.807, 2.05) is 54.6 Å². The van der Waals surface area contributed by atoms with Crippen molar-refractivity contribution < 1.29 is 9.84 Å². The van der Waals surface area contributed by atoms with E-state index in [1.165, 1.54) is 0 Å². The molecule has 0 aliphatic rings. The first-order valence-electron chi connectivity index (χ1n) is 6.83. The standard InChI is InChI=1S/C18H20O2/c1-20-17-13-11-15(12-14-17)7-5-6-10-18(19)16-8-3-2-4-9-16/h2-5,7-9,11-14,18-19H,6,10H2,1H3. The number of rotatable bonds is 6. The topological polar surface area (TPSA) is 29.5 Å². The molecule has 2 rings (SSSR count). The van der Waals surface area contributed by atoms with Gasteiger partial charge >= 0.3 is 0 Å². The summed E-state index contributed by atoms with van der Waals surface area (Å²) in [6, 6.07) is 17.7. The first-order valence-corrected chi connectivity index (χ1v) is 6.83. The Morgan fingerprint density at radius 1 is 1.05 bits per heavy atom. The lowest BCUT2D eigenvalue weighted by Crippen LogP contribution is -1.95. The highest BCUT2D eigenvalue weighted by molar-refractivity contribution is 5.50. The van der Waals surface area contributed by atoms with Gasteiger partial charge in [0.05, 0.1) is 13.2 Å². The monoisotopic (exact) mass is 268 g/mol. The van der Waals surface area contributed by atoms with Crippen molar-refractivity contribution in [3.63, 3.8) is 0 Å². The van der Waals surface area contributed by atoms with Crippen molar-refractivity contribution in [3.05, 3.63) is 71.8 Å². The molecule has 0 fully saturated rings. The fourth-order valence-corrected chi connectivity index (χ4v) is 2.03. The predicted molar refractivity (Wildman–Crippen MR) is 82.7 cm³/mol. The quantitative estimate of drug-likeness (QED) is 0.850. The Kier molecular flexibility index (Phi) is 5.39. The minimum atomic E-state index is -0.392. The van der Waals surface area contributed by atoms with Crippen LogP contribution in [0.2, 0.25) is 0 Å². The molecule has 104 valence electrons. The summed E-state index contributed by atoms with van der Waals surface area (Å²) in [6.45, 7) is 0. The number of ether oxygens (including phenoxy) is 1. The van der Waals surface area contributed by atoms with E-state index >= 15 is 0 Å². The maximum atomic E-state index is 10.0. The van der Waals surface area contributed by atoms with Crippen LogP contribution in [0, 0.1) is 0 Å². The number of methoxy groups -OCH3 is 1. The summed E-state index contributed by atoms with van der Waals surface area (Å²) >= 11 is 0. The van der Waals surface area contributed by atoms with E-state index in [0.717, 1.165) is 29.7 Å². The number of aliphatic hydroxyl groups excluding tert-OH is 1. The second kappa shape index (κ2) is 7.51. The van der Waals surface area contributed by atoms with Crippen molar-refractivity contribution in [3.8, 4) is 5.75 Å². The van der Waals surface area contributed by atoms with E-state index in [1.54, 1.807) is 7.11 Å². The largest absolute Gasteiger partial charge is 0.497 e. The molecule has 1 atom stereocenters. The van der Waals surface area contributed by atoms with Gasteiger partial charge in [0.15, 0.2) is 0 Å². The van der Waals surface area contributed by atoms with Gasteiger partial charge in [-0.2, -0.15) is 0 Å². The first kappa shape index (κ1) is 14.4. The van der Waals surface area contributed by atoms with E-state index in [4.69, 9.17) is 4.74 Å². The number of benzene rings is 2. The van der Waals surface area contributed by atoms with Crippen LogP contribution in [0.5, 0.6) is 5.75 Å². The molecule has 0 aliphatic heterocycles. The molecule has 20 heavy (non-hydrogen) atoms. The second-order valence-corrected chi connectivity index (χ2v) is 4.68. The Bertz CT molecular complexity index is 529. The molecule has 2 nitrogen and oxygen atoms in total. The van der Waals surface area contributed by atoms with Crippen LogP contribution in [-0.4, -0.2) is 12.2 Å². The van der Waals surface area contributed by atoms with Gasteiger partial charge in [-0.1, -0.05) is 54.6 Å². The summed E-state index contributed by atoms with van der Waals surface area (Å²) in [6.07, 6.45) is 5.35. The van der Waals surface area contributed by atoms with Gasteiger partial charge in [0, 0.05) is 0 Å². The number of allylic oxidation sites excluding steroid dienone is 1. The van der Waals surface area contributed by atoms with Crippen LogP contribution in [-0.2, 0) is 0 Å². The fourth-order valence-electron chi connectivity index (χ4n) is 2.03. The molecule has 0 bridgehead atoms. The number of hydrogen-bond donors (Lipinski definition) is 1. The van der Waals surface area contributed by atoms with Gasteiger partial charge < -0.3 is 9.84 Å². The molecule has 0 amide bonds. The Hall–Kier alpha value is -2.06. The van der Waals surface area contributed by atoms with Crippen LogP contribution in [0.4, 0.5) is 0 Å². The lowest BCUT2D eigenvalue weighted by molar-refractivity contribution is 0.169. The smallest absolute Gasteiger partial charge is 0.118 e. The molecule has 0 heterocycles. The summed E-state index contributed by atoms with van der Waals surface area (Å²) in [4.78, 5) is 0. The highest BCUT2D eigenvalue weighted by atomic mass is 16.5. The van der Waals surface area contributed by atoms with Crippen molar-refractivity contribution in [2.45, 2.75) is 18.9 Å². The van der Waals surface area contributed by atoms with Crippen LogP contribution < -0.4 is 4.74 Å². The van der Waals surface area contributed by atoms with Gasteiger partial charge in [0.25, 0.3) is 0 Å². The molecule has 0 aromatic heterocycles. The highest BCUT2D eigenvalue weighted by Gasteiger charge is 2.04. The zero-order valence-corrected chi connectivity index (χ0v) is 11.7.